The van der Waals surface area contributed by atoms with Gasteiger partial charge in [-0.05, 0) is 24.0 Å². The van der Waals surface area contributed by atoms with Gasteiger partial charge in [-0.1, -0.05) is 0 Å². The first-order valence-corrected chi connectivity index (χ1v) is 7.53. The molecular weight excluding hydrogens is 254 g/mol. The molecule has 1 saturated heterocycles. The summed E-state index contributed by atoms with van der Waals surface area (Å²) in [7, 11) is -1.36. The lowest BCUT2D eigenvalue weighted by molar-refractivity contribution is 0.389. The van der Waals surface area contributed by atoms with E-state index in [1.807, 2.05) is 6.07 Å². The monoisotopic (exact) mass is 271 g/mol. The van der Waals surface area contributed by atoms with Crippen molar-refractivity contribution in [3.63, 3.8) is 0 Å². The number of hydrogen-bond acceptors (Lipinski definition) is 6. The molecule has 18 heavy (non-hydrogen) atoms. The van der Waals surface area contributed by atoms with Gasteiger partial charge in [0, 0.05) is 6.20 Å². The lowest BCUT2D eigenvalue weighted by Crippen LogP contribution is -2.34. The van der Waals surface area contributed by atoms with Gasteiger partial charge in [0.1, 0.15) is 5.75 Å². The number of rotatable bonds is 4. The van der Waals surface area contributed by atoms with Gasteiger partial charge < -0.3 is 4.74 Å². The van der Waals surface area contributed by atoms with Crippen molar-refractivity contribution >= 4 is 9.84 Å². The van der Waals surface area contributed by atoms with Crippen LogP contribution in [0.15, 0.2) is 18.5 Å². The Hall–Kier alpha value is -1.18. The summed E-state index contributed by atoms with van der Waals surface area (Å²) in [4.78, 5) is 4.06. The van der Waals surface area contributed by atoms with Crippen molar-refractivity contribution in [1.29, 1.82) is 0 Å². The number of nitrogens with one attached hydrogen (secondary N) is 1. The molecule has 1 aliphatic heterocycles. The lowest BCUT2D eigenvalue weighted by Gasteiger charge is -2.22. The third-order valence-electron chi connectivity index (χ3n) is 3.25. The van der Waals surface area contributed by atoms with Crippen LogP contribution in [-0.4, -0.2) is 32.0 Å². The van der Waals surface area contributed by atoms with Gasteiger partial charge in [-0.3, -0.25) is 16.3 Å². The third-order valence-corrected chi connectivity index (χ3v) is 5.04. The summed E-state index contributed by atoms with van der Waals surface area (Å²) < 4.78 is 28.1. The van der Waals surface area contributed by atoms with Crippen molar-refractivity contribution in [2.75, 3.05) is 18.6 Å². The molecule has 0 aliphatic carbocycles. The Labute approximate surface area is 106 Å². The predicted octanol–water partition coefficient (Wildman–Crippen LogP) is 0.0293. The van der Waals surface area contributed by atoms with E-state index in [4.69, 9.17) is 10.6 Å². The van der Waals surface area contributed by atoms with Crippen molar-refractivity contribution < 1.29 is 13.2 Å². The molecule has 0 aromatic carbocycles. The third kappa shape index (κ3) is 2.80. The quantitative estimate of drug-likeness (QED) is 0.592. The fourth-order valence-electron chi connectivity index (χ4n) is 2.31. The number of hydrogen-bond donors (Lipinski definition) is 2. The first kappa shape index (κ1) is 13.3. The Morgan fingerprint density at radius 3 is 2.89 bits per heavy atom. The Balaban J connectivity index is 2.23. The summed E-state index contributed by atoms with van der Waals surface area (Å²) in [6.45, 7) is 0. The molecule has 2 rings (SSSR count). The van der Waals surface area contributed by atoms with E-state index in [-0.39, 0.29) is 23.5 Å². The minimum absolute atomic E-state index is 0.0195. The van der Waals surface area contributed by atoms with Crippen LogP contribution < -0.4 is 16.0 Å². The highest BCUT2D eigenvalue weighted by atomic mass is 32.2. The zero-order valence-corrected chi connectivity index (χ0v) is 11.0. The SMILES string of the molecule is COc1cncc(C(NN)C2CCS(=O)(=O)C2)c1. The van der Waals surface area contributed by atoms with E-state index in [0.29, 0.717) is 12.2 Å². The number of pyridine rings is 1. The highest BCUT2D eigenvalue weighted by molar-refractivity contribution is 7.91. The zero-order valence-electron chi connectivity index (χ0n) is 10.2. The molecule has 0 amide bonds. The number of ether oxygens (including phenoxy) is 1. The second kappa shape index (κ2) is 5.21. The van der Waals surface area contributed by atoms with Crippen molar-refractivity contribution in [2.45, 2.75) is 12.5 Å². The van der Waals surface area contributed by atoms with Crippen LogP contribution in [0, 0.1) is 5.92 Å². The van der Waals surface area contributed by atoms with Gasteiger partial charge >= 0.3 is 0 Å². The second-order valence-corrected chi connectivity index (χ2v) is 6.69. The van der Waals surface area contributed by atoms with Crippen molar-refractivity contribution in [3.05, 3.63) is 24.0 Å². The van der Waals surface area contributed by atoms with Gasteiger partial charge in [-0.15, -0.1) is 0 Å². The van der Waals surface area contributed by atoms with Gasteiger partial charge in [0.2, 0.25) is 0 Å². The van der Waals surface area contributed by atoms with Crippen LogP contribution in [0.5, 0.6) is 5.75 Å². The minimum Gasteiger partial charge on any atom is -0.495 e. The first-order valence-electron chi connectivity index (χ1n) is 5.71. The van der Waals surface area contributed by atoms with Crippen LogP contribution >= 0.6 is 0 Å². The van der Waals surface area contributed by atoms with E-state index in [2.05, 4.69) is 10.4 Å². The van der Waals surface area contributed by atoms with Gasteiger partial charge in [0.25, 0.3) is 0 Å². The summed E-state index contributed by atoms with van der Waals surface area (Å²) in [6, 6.07) is 1.60. The first-order chi connectivity index (χ1) is 8.55. The van der Waals surface area contributed by atoms with E-state index in [9.17, 15) is 8.42 Å². The molecule has 1 aliphatic rings. The molecule has 1 aromatic rings. The van der Waals surface area contributed by atoms with Gasteiger partial charge in [0.05, 0.1) is 30.9 Å². The fourth-order valence-corrected chi connectivity index (χ4v) is 4.15. The standard InChI is InChI=1S/C11H17N3O3S/c1-17-10-4-9(5-13-6-10)11(14-12)8-2-3-18(15,16)7-8/h4-6,8,11,14H,2-3,7,12H2,1H3. The summed E-state index contributed by atoms with van der Waals surface area (Å²) in [5, 5.41) is 0. The highest BCUT2D eigenvalue weighted by Gasteiger charge is 2.34. The second-order valence-electron chi connectivity index (χ2n) is 4.47. The normalized spacial score (nSPS) is 23.8. The summed E-state index contributed by atoms with van der Waals surface area (Å²) in [5.41, 5.74) is 3.54. The van der Waals surface area contributed by atoms with Crippen LogP contribution in [0.2, 0.25) is 0 Å². The van der Waals surface area contributed by atoms with E-state index in [1.165, 1.54) is 0 Å². The van der Waals surface area contributed by atoms with Crippen LogP contribution in [0.3, 0.4) is 0 Å². The molecule has 2 atom stereocenters. The number of sulfone groups is 1. The summed E-state index contributed by atoms with van der Waals surface area (Å²) in [5.74, 6) is 6.56. The Morgan fingerprint density at radius 1 is 1.56 bits per heavy atom. The van der Waals surface area contributed by atoms with E-state index >= 15 is 0 Å². The van der Waals surface area contributed by atoms with Gasteiger partial charge in [-0.2, -0.15) is 0 Å². The topological polar surface area (TPSA) is 94.3 Å². The van der Waals surface area contributed by atoms with Crippen molar-refractivity contribution in [1.82, 2.24) is 10.4 Å². The molecule has 0 radical (unpaired) electrons. The molecule has 6 nitrogen and oxygen atoms in total. The Morgan fingerprint density at radius 2 is 2.33 bits per heavy atom. The maximum Gasteiger partial charge on any atom is 0.150 e. The number of nitrogens with two attached hydrogens (primary N) is 1. The molecule has 2 heterocycles. The van der Waals surface area contributed by atoms with Crippen molar-refractivity contribution in [3.8, 4) is 5.75 Å². The van der Waals surface area contributed by atoms with Crippen molar-refractivity contribution in [2.24, 2.45) is 11.8 Å². The van der Waals surface area contributed by atoms with Crippen LogP contribution in [-0.2, 0) is 9.84 Å². The molecule has 0 bridgehead atoms. The zero-order chi connectivity index (χ0) is 13.2. The molecule has 1 fully saturated rings. The molecule has 3 N–H and O–H groups in total. The smallest absolute Gasteiger partial charge is 0.150 e. The Kier molecular flexibility index (Phi) is 3.84. The molecular formula is C11H17N3O3S. The minimum atomic E-state index is -2.92. The maximum atomic E-state index is 11.5. The maximum absolute atomic E-state index is 11.5. The molecule has 100 valence electrons. The molecule has 0 saturated carbocycles. The van der Waals surface area contributed by atoms with E-state index in [1.54, 1.807) is 19.5 Å². The summed E-state index contributed by atoms with van der Waals surface area (Å²) >= 11 is 0. The number of aromatic nitrogens is 1. The molecule has 1 aromatic heterocycles. The largest absolute Gasteiger partial charge is 0.495 e. The van der Waals surface area contributed by atoms with Crippen LogP contribution in [0.1, 0.15) is 18.0 Å². The molecule has 7 heteroatoms. The number of hydrazine groups is 1. The molecule has 2 unspecified atom stereocenters. The van der Waals surface area contributed by atoms with Crippen LogP contribution in [0.25, 0.3) is 0 Å². The Bertz CT molecular complexity index is 518. The molecule has 0 spiro atoms. The predicted molar refractivity (Wildman–Crippen MR) is 67.6 cm³/mol. The number of nitrogens with zero attached hydrogens (tertiary/aromatic N) is 1. The highest BCUT2D eigenvalue weighted by Crippen LogP contribution is 2.31. The number of methoxy groups -OCH3 is 1. The van der Waals surface area contributed by atoms with Gasteiger partial charge in [-0.25, -0.2) is 8.42 Å². The van der Waals surface area contributed by atoms with Crippen LogP contribution in [0.4, 0.5) is 0 Å². The van der Waals surface area contributed by atoms with E-state index in [0.717, 1.165) is 5.56 Å². The van der Waals surface area contributed by atoms with Gasteiger partial charge in [0.15, 0.2) is 9.84 Å². The fraction of sp³-hybridized carbons (Fsp3) is 0.545. The lowest BCUT2D eigenvalue weighted by atomic mass is 9.94. The average molecular weight is 271 g/mol. The average Bonchev–Trinajstić information content (AvgIpc) is 2.71. The van der Waals surface area contributed by atoms with E-state index < -0.39 is 9.84 Å². The summed E-state index contributed by atoms with van der Waals surface area (Å²) in [6.07, 6.45) is 3.90.